The first-order valence-electron chi connectivity index (χ1n) is 6.42. The fourth-order valence-electron chi connectivity index (χ4n) is 2.45. The minimum atomic E-state index is 0.861. The van der Waals surface area contributed by atoms with E-state index in [0.717, 1.165) is 36.8 Å². The Morgan fingerprint density at radius 3 is 2.39 bits per heavy atom. The molecule has 0 aliphatic carbocycles. The molecule has 0 fully saturated rings. The molecule has 0 atom stereocenters. The summed E-state index contributed by atoms with van der Waals surface area (Å²) in [5.41, 5.74) is 3.94. The molecule has 2 aromatic rings. The second kappa shape index (κ2) is 4.41. The summed E-state index contributed by atoms with van der Waals surface area (Å²) in [6, 6.07) is 10.7. The average Bonchev–Trinajstić information content (AvgIpc) is 2.81. The van der Waals surface area contributed by atoms with E-state index in [0.29, 0.717) is 0 Å². The fourth-order valence-corrected chi connectivity index (χ4v) is 2.45. The first kappa shape index (κ1) is 11.2. The predicted octanol–water partition coefficient (Wildman–Crippen LogP) is 2.87. The van der Waals surface area contributed by atoms with Gasteiger partial charge in [-0.15, -0.1) is 0 Å². The summed E-state index contributed by atoms with van der Waals surface area (Å²) >= 11 is 0. The molecule has 3 rings (SSSR count). The molecule has 1 aromatic carbocycles. The first-order chi connectivity index (χ1) is 8.76. The number of aryl methyl sites for hydroxylation is 2. The van der Waals surface area contributed by atoms with Crippen LogP contribution in [-0.4, -0.2) is 9.97 Å². The van der Waals surface area contributed by atoms with Gasteiger partial charge in [0.2, 0.25) is 0 Å². The van der Waals surface area contributed by atoms with E-state index >= 15 is 0 Å². The molecule has 0 saturated carbocycles. The van der Waals surface area contributed by atoms with E-state index in [-0.39, 0.29) is 0 Å². The van der Waals surface area contributed by atoms with Gasteiger partial charge in [-0.25, -0.2) is 9.97 Å². The molecule has 0 unspecified atom stereocenters. The van der Waals surface area contributed by atoms with Gasteiger partial charge in [-0.05, 0) is 24.5 Å². The topological polar surface area (TPSA) is 29.0 Å². The van der Waals surface area contributed by atoms with Crippen LogP contribution in [-0.2, 0) is 19.5 Å². The maximum atomic E-state index is 4.56. The highest BCUT2D eigenvalue weighted by molar-refractivity contribution is 5.47. The van der Waals surface area contributed by atoms with Gasteiger partial charge in [-0.1, -0.05) is 31.2 Å². The van der Waals surface area contributed by atoms with Crippen LogP contribution in [0.4, 0.5) is 5.82 Å². The van der Waals surface area contributed by atoms with E-state index < -0.39 is 0 Å². The summed E-state index contributed by atoms with van der Waals surface area (Å²) in [6.07, 6.45) is 0.956. The predicted molar refractivity (Wildman–Crippen MR) is 72.5 cm³/mol. The zero-order chi connectivity index (χ0) is 12.5. The molecule has 0 radical (unpaired) electrons. The van der Waals surface area contributed by atoms with Crippen molar-refractivity contribution in [3.63, 3.8) is 0 Å². The molecule has 0 amide bonds. The van der Waals surface area contributed by atoms with E-state index in [1.807, 2.05) is 6.92 Å². The summed E-state index contributed by atoms with van der Waals surface area (Å²) < 4.78 is 0. The fraction of sp³-hybridized carbons (Fsp3) is 0.333. The molecule has 1 aliphatic rings. The molecule has 3 nitrogen and oxygen atoms in total. The van der Waals surface area contributed by atoms with Gasteiger partial charge < -0.3 is 4.90 Å². The second-order valence-corrected chi connectivity index (χ2v) is 4.74. The normalized spacial score (nSPS) is 13.8. The third-order valence-electron chi connectivity index (χ3n) is 3.40. The van der Waals surface area contributed by atoms with Gasteiger partial charge in [0.25, 0.3) is 0 Å². The Labute approximate surface area is 108 Å². The van der Waals surface area contributed by atoms with Crippen molar-refractivity contribution >= 4 is 5.82 Å². The lowest BCUT2D eigenvalue weighted by Crippen LogP contribution is -2.17. The quantitative estimate of drug-likeness (QED) is 0.807. The Morgan fingerprint density at radius 2 is 1.78 bits per heavy atom. The van der Waals surface area contributed by atoms with Crippen LogP contribution in [0.3, 0.4) is 0 Å². The van der Waals surface area contributed by atoms with Crippen molar-refractivity contribution in [1.82, 2.24) is 9.97 Å². The van der Waals surface area contributed by atoms with Crippen LogP contribution in [0.1, 0.15) is 29.6 Å². The third kappa shape index (κ3) is 1.96. The molecule has 0 saturated heterocycles. The summed E-state index contributed by atoms with van der Waals surface area (Å²) in [7, 11) is 0. The number of rotatable bonds is 2. The highest BCUT2D eigenvalue weighted by atomic mass is 15.2. The van der Waals surface area contributed by atoms with Crippen LogP contribution in [0, 0.1) is 6.92 Å². The van der Waals surface area contributed by atoms with Gasteiger partial charge in [-0.3, -0.25) is 0 Å². The Kier molecular flexibility index (Phi) is 2.74. The number of aromatic nitrogens is 2. The Balaban J connectivity index is 1.92. The van der Waals surface area contributed by atoms with Crippen molar-refractivity contribution in [3.8, 4) is 0 Å². The molecular weight excluding hydrogens is 222 g/mol. The molecule has 0 spiro atoms. The lowest BCUT2D eigenvalue weighted by Gasteiger charge is -2.17. The van der Waals surface area contributed by atoms with Crippen LogP contribution in [0.5, 0.6) is 0 Å². The maximum absolute atomic E-state index is 4.56. The van der Waals surface area contributed by atoms with Crippen molar-refractivity contribution < 1.29 is 0 Å². The summed E-state index contributed by atoms with van der Waals surface area (Å²) in [6.45, 7) is 6.00. The molecule has 0 N–H and O–H groups in total. The maximum Gasteiger partial charge on any atom is 0.133 e. The van der Waals surface area contributed by atoms with Crippen molar-refractivity contribution in [2.75, 3.05) is 4.90 Å². The number of anilines is 1. The standard InChI is InChI=1S/C15H17N3/c1-3-14-8-15(17-11(2)16-14)18-9-12-6-4-5-7-13(12)10-18/h4-8H,3,9-10H2,1-2H3. The smallest absolute Gasteiger partial charge is 0.133 e. The van der Waals surface area contributed by atoms with Crippen molar-refractivity contribution in [1.29, 1.82) is 0 Å². The monoisotopic (exact) mass is 239 g/mol. The molecule has 1 aromatic heterocycles. The molecule has 2 heterocycles. The summed E-state index contributed by atoms with van der Waals surface area (Å²) in [5.74, 6) is 1.91. The highest BCUT2D eigenvalue weighted by Crippen LogP contribution is 2.27. The molecule has 0 bridgehead atoms. The zero-order valence-electron chi connectivity index (χ0n) is 10.8. The summed E-state index contributed by atoms with van der Waals surface area (Å²) in [5, 5.41) is 0. The van der Waals surface area contributed by atoms with Crippen molar-refractivity contribution in [2.45, 2.75) is 33.4 Å². The molecule has 3 heteroatoms. The Hall–Kier alpha value is -1.90. The number of nitrogens with zero attached hydrogens (tertiary/aromatic N) is 3. The minimum Gasteiger partial charge on any atom is -0.348 e. The third-order valence-corrected chi connectivity index (χ3v) is 3.40. The van der Waals surface area contributed by atoms with Crippen LogP contribution in [0.2, 0.25) is 0 Å². The number of fused-ring (bicyclic) bond motifs is 1. The molecule has 1 aliphatic heterocycles. The van der Waals surface area contributed by atoms with Gasteiger partial charge in [0.15, 0.2) is 0 Å². The lowest BCUT2D eigenvalue weighted by atomic mass is 10.1. The second-order valence-electron chi connectivity index (χ2n) is 4.74. The first-order valence-corrected chi connectivity index (χ1v) is 6.42. The SMILES string of the molecule is CCc1cc(N2Cc3ccccc3C2)nc(C)n1. The largest absolute Gasteiger partial charge is 0.348 e. The van der Waals surface area contributed by atoms with Gasteiger partial charge in [0.05, 0.1) is 0 Å². The number of hydrogen-bond donors (Lipinski definition) is 0. The number of benzene rings is 1. The lowest BCUT2D eigenvalue weighted by molar-refractivity contribution is 0.830. The van der Waals surface area contributed by atoms with Gasteiger partial charge in [-0.2, -0.15) is 0 Å². The highest BCUT2D eigenvalue weighted by Gasteiger charge is 2.20. The van der Waals surface area contributed by atoms with Gasteiger partial charge in [0.1, 0.15) is 11.6 Å². The van der Waals surface area contributed by atoms with Crippen LogP contribution < -0.4 is 4.90 Å². The van der Waals surface area contributed by atoms with Crippen LogP contribution in [0.15, 0.2) is 30.3 Å². The molecule has 18 heavy (non-hydrogen) atoms. The van der Waals surface area contributed by atoms with E-state index in [1.165, 1.54) is 11.1 Å². The van der Waals surface area contributed by atoms with E-state index in [9.17, 15) is 0 Å². The van der Waals surface area contributed by atoms with Gasteiger partial charge >= 0.3 is 0 Å². The molecular formula is C15H17N3. The minimum absolute atomic E-state index is 0.861. The van der Waals surface area contributed by atoms with Crippen molar-refractivity contribution in [2.24, 2.45) is 0 Å². The van der Waals surface area contributed by atoms with Crippen LogP contribution >= 0.6 is 0 Å². The summed E-state index contributed by atoms with van der Waals surface area (Å²) in [4.78, 5) is 11.3. The zero-order valence-corrected chi connectivity index (χ0v) is 10.8. The number of hydrogen-bond acceptors (Lipinski definition) is 3. The van der Waals surface area contributed by atoms with Crippen molar-refractivity contribution in [3.05, 3.63) is 53.0 Å². The van der Waals surface area contributed by atoms with E-state index in [4.69, 9.17) is 0 Å². The van der Waals surface area contributed by atoms with Gasteiger partial charge in [0, 0.05) is 24.8 Å². The Bertz CT molecular complexity index is 553. The van der Waals surface area contributed by atoms with E-state index in [1.54, 1.807) is 0 Å². The Morgan fingerprint density at radius 1 is 1.11 bits per heavy atom. The van der Waals surface area contributed by atoms with E-state index in [2.05, 4.69) is 52.1 Å². The van der Waals surface area contributed by atoms with Crippen LogP contribution in [0.25, 0.3) is 0 Å². The average molecular weight is 239 g/mol. The molecule has 92 valence electrons.